The second-order valence-corrected chi connectivity index (χ2v) is 7.20. The lowest BCUT2D eigenvalue weighted by Crippen LogP contribution is -2.15. The number of aromatic nitrogens is 1. The Morgan fingerprint density at radius 3 is 2.48 bits per heavy atom. The van der Waals surface area contributed by atoms with Gasteiger partial charge in [-0.3, -0.25) is 9.59 Å². The van der Waals surface area contributed by atoms with Crippen molar-refractivity contribution in [3.63, 3.8) is 0 Å². The first-order valence-corrected chi connectivity index (χ1v) is 8.34. The molecule has 3 nitrogen and oxygen atoms in total. The second kappa shape index (κ2) is 6.89. The van der Waals surface area contributed by atoms with Gasteiger partial charge in [-0.1, -0.05) is 11.6 Å². The quantitative estimate of drug-likeness (QED) is 0.608. The summed E-state index contributed by atoms with van der Waals surface area (Å²) in [6, 6.07) is 4.36. The molecule has 2 aromatic rings. The van der Waals surface area contributed by atoms with Crippen molar-refractivity contribution < 1.29 is 14.0 Å². The summed E-state index contributed by atoms with van der Waals surface area (Å²) in [4.78, 5) is 28.0. The van der Waals surface area contributed by atoms with Gasteiger partial charge in [0.1, 0.15) is 5.82 Å². The number of rotatable bonds is 5. The number of carbonyl (C=O) groups excluding carboxylic acids is 2. The van der Waals surface area contributed by atoms with Crippen LogP contribution >= 0.6 is 23.4 Å². The Kier molecular flexibility index (Phi) is 5.32. The Labute approximate surface area is 143 Å². The maximum Gasteiger partial charge on any atom is 0.192 e. The molecule has 122 valence electrons. The highest BCUT2D eigenvalue weighted by molar-refractivity contribution is 8.00. The largest absolute Gasteiger partial charge is 0.355 e. The molecule has 1 heterocycles. The van der Waals surface area contributed by atoms with Crippen LogP contribution < -0.4 is 0 Å². The first kappa shape index (κ1) is 17.8. The lowest BCUT2D eigenvalue weighted by Gasteiger charge is -2.10. The van der Waals surface area contributed by atoms with Crippen molar-refractivity contribution in [2.24, 2.45) is 0 Å². The molecule has 0 radical (unpaired) electrons. The number of hydrogen-bond donors (Lipinski definition) is 1. The number of carbonyl (C=O) groups is 2. The Bertz CT molecular complexity index is 785. The van der Waals surface area contributed by atoms with Gasteiger partial charge in [0.05, 0.1) is 16.0 Å². The van der Waals surface area contributed by atoms with Gasteiger partial charge in [-0.2, -0.15) is 0 Å². The average Bonchev–Trinajstić information content (AvgIpc) is 2.77. The number of ketones is 2. The predicted octanol–water partition coefficient (Wildman–Crippen LogP) is 4.99. The fourth-order valence-corrected chi connectivity index (χ4v) is 3.75. The molecule has 1 N–H and O–H groups in total. The molecule has 0 aliphatic heterocycles. The average molecular weight is 354 g/mol. The van der Waals surface area contributed by atoms with Crippen LogP contribution in [0, 0.1) is 19.7 Å². The molecule has 0 fully saturated rings. The monoisotopic (exact) mass is 353 g/mol. The third kappa shape index (κ3) is 3.67. The molecule has 6 heteroatoms. The number of halogens is 2. The second-order valence-electron chi connectivity index (χ2n) is 5.38. The number of hydrogen-bond acceptors (Lipinski definition) is 3. The van der Waals surface area contributed by atoms with Gasteiger partial charge in [-0.05, 0) is 51.5 Å². The van der Waals surface area contributed by atoms with Crippen LogP contribution in [0.25, 0.3) is 0 Å². The molecule has 0 aliphatic rings. The minimum atomic E-state index is -0.489. The van der Waals surface area contributed by atoms with Crippen molar-refractivity contribution in [2.45, 2.75) is 37.8 Å². The van der Waals surface area contributed by atoms with Crippen molar-refractivity contribution >= 4 is 34.9 Å². The summed E-state index contributed by atoms with van der Waals surface area (Å²) in [7, 11) is 0. The zero-order valence-electron chi connectivity index (χ0n) is 13.3. The van der Waals surface area contributed by atoms with E-state index in [1.165, 1.54) is 30.8 Å². The summed E-state index contributed by atoms with van der Waals surface area (Å²) in [5.41, 5.74) is 2.38. The number of aromatic amines is 1. The van der Waals surface area contributed by atoms with Gasteiger partial charge < -0.3 is 4.98 Å². The zero-order chi connectivity index (χ0) is 17.3. The number of thioether (sulfide) groups is 1. The van der Waals surface area contributed by atoms with Gasteiger partial charge in [0.25, 0.3) is 0 Å². The van der Waals surface area contributed by atoms with Gasteiger partial charge >= 0.3 is 0 Å². The van der Waals surface area contributed by atoms with E-state index in [9.17, 15) is 14.0 Å². The van der Waals surface area contributed by atoms with Crippen molar-refractivity contribution in [1.82, 2.24) is 4.98 Å². The van der Waals surface area contributed by atoms with E-state index >= 15 is 0 Å². The summed E-state index contributed by atoms with van der Waals surface area (Å²) in [6.45, 7) is 6.79. The van der Waals surface area contributed by atoms with Crippen LogP contribution in [0.2, 0.25) is 5.02 Å². The van der Waals surface area contributed by atoms with E-state index in [1.54, 1.807) is 26.8 Å². The molecule has 2 rings (SSSR count). The summed E-state index contributed by atoms with van der Waals surface area (Å²) >= 11 is 7.06. The van der Waals surface area contributed by atoms with Crippen molar-refractivity contribution in [3.8, 4) is 0 Å². The smallest absolute Gasteiger partial charge is 0.192 e. The lowest BCUT2D eigenvalue weighted by atomic mass is 10.0. The van der Waals surface area contributed by atoms with Gasteiger partial charge in [-0.25, -0.2) is 4.39 Å². The number of benzene rings is 1. The summed E-state index contributed by atoms with van der Waals surface area (Å²) in [5.74, 6) is -0.665. The number of H-pyrrole nitrogens is 1. The molecule has 0 amide bonds. The van der Waals surface area contributed by atoms with Crippen molar-refractivity contribution in [3.05, 3.63) is 51.6 Å². The van der Waals surface area contributed by atoms with E-state index in [0.29, 0.717) is 27.4 Å². The Balaban J connectivity index is 2.24. The highest BCUT2D eigenvalue weighted by Crippen LogP contribution is 2.30. The SMILES string of the molecule is CC(=O)c1c(C)[nH]c(C(=O)[C@@H](C)Sc2ccc(F)c(Cl)c2)c1C. The molecule has 0 aliphatic carbocycles. The lowest BCUT2D eigenvalue weighted by molar-refractivity contribution is 0.0988. The maximum absolute atomic E-state index is 13.2. The minimum Gasteiger partial charge on any atom is -0.355 e. The van der Waals surface area contributed by atoms with Gasteiger partial charge in [0.2, 0.25) is 0 Å². The first-order valence-electron chi connectivity index (χ1n) is 7.08. The van der Waals surface area contributed by atoms with Crippen molar-refractivity contribution in [2.75, 3.05) is 0 Å². The molecular formula is C17H17ClFNO2S. The van der Waals surface area contributed by atoms with Crippen molar-refractivity contribution in [1.29, 1.82) is 0 Å². The number of aryl methyl sites for hydroxylation is 1. The van der Waals surface area contributed by atoms with E-state index in [4.69, 9.17) is 11.6 Å². The van der Waals surface area contributed by atoms with Crippen LogP contribution in [-0.4, -0.2) is 21.8 Å². The van der Waals surface area contributed by atoms with Crippen LogP contribution in [0.4, 0.5) is 4.39 Å². The van der Waals surface area contributed by atoms with Crippen LogP contribution in [-0.2, 0) is 0 Å². The molecule has 1 aromatic carbocycles. The Morgan fingerprint density at radius 1 is 1.30 bits per heavy atom. The Morgan fingerprint density at radius 2 is 1.96 bits per heavy atom. The Hall–Kier alpha value is -1.59. The first-order chi connectivity index (χ1) is 10.7. The highest BCUT2D eigenvalue weighted by Gasteiger charge is 2.24. The fourth-order valence-electron chi connectivity index (χ4n) is 2.54. The van der Waals surface area contributed by atoms with Crippen LogP contribution in [0.3, 0.4) is 0 Å². The zero-order valence-corrected chi connectivity index (χ0v) is 14.9. The third-order valence-electron chi connectivity index (χ3n) is 3.61. The van der Waals surface area contributed by atoms with Gasteiger partial charge in [0, 0.05) is 16.2 Å². The standard InChI is InChI=1S/C17H17ClFNO2S/c1-8-15(10(3)21)9(2)20-16(8)17(22)11(4)23-12-5-6-14(19)13(18)7-12/h5-7,11,20H,1-4H3/t11-/m1/s1. The summed E-state index contributed by atoms with van der Waals surface area (Å²) in [6.07, 6.45) is 0. The molecule has 1 atom stereocenters. The minimum absolute atomic E-state index is 0.0282. The van der Waals surface area contributed by atoms with Crippen LogP contribution in [0.5, 0.6) is 0 Å². The van der Waals surface area contributed by atoms with E-state index in [2.05, 4.69) is 4.98 Å². The molecule has 0 bridgehead atoms. The van der Waals surface area contributed by atoms with E-state index in [-0.39, 0.29) is 16.6 Å². The van der Waals surface area contributed by atoms with Crippen LogP contribution in [0.1, 0.15) is 46.0 Å². The molecule has 0 spiro atoms. The molecule has 0 saturated heterocycles. The fraction of sp³-hybridized carbons (Fsp3) is 0.294. The number of nitrogens with one attached hydrogen (secondary N) is 1. The normalized spacial score (nSPS) is 12.3. The van der Waals surface area contributed by atoms with E-state index in [1.807, 2.05) is 0 Å². The summed E-state index contributed by atoms with van der Waals surface area (Å²) < 4.78 is 13.2. The van der Waals surface area contributed by atoms with E-state index < -0.39 is 11.1 Å². The predicted molar refractivity (Wildman–Crippen MR) is 91.3 cm³/mol. The molecule has 23 heavy (non-hydrogen) atoms. The van der Waals surface area contributed by atoms with Crippen LogP contribution in [0.15, 0.2) is 23.1 Å². The third-order valence-corrected chi connectivity index (χ3v) is 4.99. The topological polar surface area (TPSA) is 49.9 Å². The highest BCUT2D eigenvalue weighted by atomic mass is 35.5. The maximum atomic E-state index is 13.2. The number of Topliss-reactive ketones (excluding diaryl/α,β-unsaturated/α-hetero) is 2. The molecule has 0 saturated carbocycles. The summed E-state index contributed by atoms with van der Waals surface area (Å²) in [5, 5.41) is -0.367. The van der Waals surface area contributed by atoms with Gasteiger partial charge in [-0.15, -0.1) is 11.8 Å². The molecule has 1 aromatic heterocycles. The molecule has 0 unspecified atom stereocenters. The molecular weight excluding hydrogens is 337 g/mol. The van der Waals surface area contributed by atoms with E-state index in [0.717, 1.165) is 0 Å². The van der Waals surface area contributed by atoms with Gasteiger partial charge in [0.15, 0.2) is 11.6 Å².